The Hall–Kier alpha value is -4.54. The second kappa shape index (κ2) is 15.0. The number of aromatic amines is 2. The summed E-state index contributed by atoms with van der Waals surface area (Å²) in [5.74, 6) is 7.04. The number of amides is 4. The van der Waals surface area contributed by atoms with Crippen molar-refractivity contribution in [2.24, 2.45) is 11.8 Å². The molecule has 4 rings (SSSR count). The lowest BCUT2D eigenvalue weighted by Gasteiger charge is -2.30. The number of aromatic nitrogens is 4. The summed E-state index contributed by atoms with van der Waals surface area (Å²) in [4.78, 5) is 69.6. The summed E-state index contributed by atoms with van der Waals surface area (Å²) in [5, 5.41) is 5.32. The van der Waals surface area contributed by atoms with Gasteiger partial charge in [-0.2, -0.15) is 0 Å². The molecule has 4 N–H and O–H groups in total. The second-order valence-corrected chi connectivity index (χ2v) is 12.0. The Kier molecular flexibility index (Phi) is 11.1. The number of ether oxygens (including phenoxy) is 2. The van der Waals surface area contributed by atoms with Crippen LogP contribution in [0.2, 0.25) is 0 Å². The zero-order valence-corrected chi connectivity index (χ0v) is 26.8. The normalized spacial score (nSPS) is 19.2. The minimum Gasteiger partial charge on any atom is -0.453 e. The molecule has 0 spiro atoms. The van der Waals surface area contributed by atoms with Gasteiger partial charge in [0.15, 0.2) is 0 Å². The number of carbonyl (C=O) groups excluding carboxylic acids is 4. The van der Waals surface area contributed by atoms with Gasteiger partial charge in [-0.1, -0.05) is 33.6 Å². The van der Waals surface area contributed by atoms with Crippen molar-refractivity contribution in [2.75, 3.05) is 27.3 Å². The van der Waals surface area contributed by atoms with Gasteiger partial charge >= 0.3 is 12.2 Å². The van der Waals surface area contributed by atoms with E-state index in [-0.39, 0.29) is 35.7 Å². The van der Waals surface area contributed by atoms with Crippen LogP contribution < -0.4 is 10.6 Å². The summed E-state index contributed by atoms with van der Waals surface area (Å²) >= 11 is 0. The topological polar surface area (TPSA) is 175 Å². The Labute approximate surface area is 263 Å². The molecule has 2 aromatic rings. The summed E-state index contributed by atoms with van der Waals surface area (Å²) in [6.45, 7) is 8.67. The molecular weight excluding hydrogens is 580 g/mol. The van der Waals surface area contributed by atoms with Gasteiger partial charge in [0.2, 0.25) is 11.8 Å². The van der Waals surface area contributed by atoms with Gasteiger partial charge in [0.05, 0.1) is 38.9 Å². The van der Waals surface area contributed by atoms with Gasteiger partial charge in [0.25, 0.3) is 0 Å². The predicted octanol–water partition coefficient (Wildman–Crippen LogP) is 2.82. The molecule has 4 atom stereocenters. The van der Waals surface area contributed by atoms with E-state index in [1.54, 1.807) is 22.2 Å². The SMILES string of the molecule is COC(=O)N[C@H](C(=O)N1CCC[C@H]1c1ncc(C#CCc2cnc([C@@H]3CCCN3C(=O)[C@@H](NC(=O)OC)C(C)C)[nH]2)[nH]1)C(C)C. The van der Waals surface area contributed by atoms with E-state index in [9.17, 15) is 19.2 Å². The standard InChI is InChI=1S/C31H44N8O6/c1-18(2)24(36-30(42)44-5)28(40)38-14-8-12-22(38)26-32-16-20(34-26)10-7-11-21-17-33-27(35-21)23-13-9-15-39(23)29(41)25(19(3)4)37-31(43)45-6/h16-19,22-25H,8-10,12-15H2,1-6H3,(H,32,34)(H,33,35)(H,36,42)(H,37,43)/t22-,23-,24-,25-/m0/s1. The van der Waals surface area contributed by atoms with Crippen molar-refractivity contribution in [3.63, 3.8) is 0 Å². The maximum absolute atomic E-state index is 13.4. The third kappa shape index (κ3) is 7.95. The molecule has 2 saturated heterocycles. The van der Waals surface area contributed by atoms with Crippen LogP contribution in [0.15, 0.2) is 12.4 Å². The zero-order chi connectivity index (χ0) is 32.7. The number of hydrogen-bond donors (Lipinski definition) is 4. The lowest BCUT2D eigenvalue weighted by atomic mass is 10.0. The third-order valence-corrected chi connectivity index (χ3v) is 8.23. The van der Waals surface area contributed by atoms with Gasteiger partial charge in [0.1, 0.15) is 29.4 Å². The fourth-order valence-corrected chi connectivity index (χ4v) is 5.83. The van der Waals surface area contributed by atoms with Gasteiger partial charge in [-0.05, 0) is 43.4 Å². The average molecular weight is 625 g/mol. The highest BCUT2D eigenvalue weighted by Crippen LogP contribution is 2.32. The molecule has 0 saturated carbocycles. The van der Waals surface area contributed by atoms with E-state index >= 15 is 0 Å². The summed E-state index contributed by atoms with van der Waals surface area (Å²) in [5.41, 5.74) is 1.44. The Bertz CT molecular complexity index is 1420. The Morgan fingerprint density at radius 3 is 1.82 bits per heavy atom. The highest BCUT2D eigenvalue weighted by atomic mass is 16.5. The molecule has 2 aliphatic rings. The van der Waals surface area contributed by atoms with Gasteiger partial charge < -0.3 is 39.9 Å². The molecule has 0 aliphatic carbocycles. The van der Waals surface area contributed by atoms with Crippen LogP contribution in [0.5, 0.6) is 0 Å². The quantitative estimate of drug-likeness (QED) is 0.308. The van der Waals surface area contributed by atoms with Crippen molar-refractivity contribution < 1.29 is 28.7 Å². The number of likely N-dealkylation sites (tertiary alicyclic amines) is 2. The number of hydrogen-bond acceptors (Lipinski definition) is 8. The van der Waals surface area contributed by atoms with Crippen molar-refractivity contribution in [1.29, 1.82) is 0 Å². The molecular formula is C31H44N8O6. The van der Waals surface area contributed by atoms with E-state index < -0.39 is 24.3 Å². The molecule has 2 aliphatic heterocycles. The molecule has 14 heteroatoms. The van der Waals surface area contributed by atoms with Gasteiger partial charge in [-0.3, -0.25) is 9.59 Å². The fraction of sp³-hybridized carbons (Fsp3) is 0.613. The Balaban J connectivity index is 1.39. The first-order valence-corrected chi connectivity index (χ1v) is 15.4. The first kappa shape index (κ1) is 33.4. The van der Waals surface area contributed by atoms with Crippen molar-refractivity contribution in [2.45, 2.75) is 84.0 Å². The lowest BCUT2D eigenvalue weighted by molar-refractivity contribution is -0.136. The van der Waals surface area contributed by atoms with Crippen LogP contribution >= 0.6 is 0 Å². The number of imidazole rings is 2. The molecule has 0 bridgehead atoms. The molecule has 45 heavy (non-hydrogen) atoms. The molecule has 0 radical (unpaired) electrons. The molecule has 0 aromatic carbocycles. The molecule has 4 amide bonds. The number of carbonyl (C=O) groups is 4. The summed E-state index contributed by atoms with van der Waals surface area (Å²) in [7, 11) is 2.55. The van der Waals surface area contributed by atoms with Crippen LogP contribution in [-0.2, 0) is 25.5 Å². The number of nitrogens with zero attached hydrogens (tertiary/aromatic N) is 4. The monoisotopic (exact) mass is 624 g/mol. The minimum absolute atomic E-state index is 0.110. The number of alkyl carbamates (subject to hydrolysis) is 2. The summed E-state index contributed by atoms with van der Waals surface area (Å²) in [6.07, 6.45) is 5.70. The lowest BCUT2D eigenvalue weighted by Crippen LogP contribution is -2.51. The van der Waals surface area contributed by atoms with Crippen molar-refractivity contribution in [1.82, 2.24) is 40.4 Å². The molecule has 4 heterocycles. The minimum atomic E-state index is -0.700. The number of rotatable bonds is 9. The number of methoxy groups -OCH3 is 2. The maximum Gasteiger partial charge on any atom is 0.407 e. The summed E-state index contributed by atoms with van der Waals surface area (Å²) < 4.78 is 9.42. The molecule has 0 unspecified atom stereocenters. The molecule has 14 nitrogen and oxygen atoms in total. The highest BCUT2D eigenvalue weighted by Gasteiger charge is 2.38. The molecule has 244 valence electrons. The summed E-state index contributed by atoms with van der Waals surface area (Å²) in [6, 6.07) is -1.85. The first-order chi connectivity index (χ1) is 21.5. The first-order valence-electron chi connectivity index (χ1n) is 15.4. The van der Waals surface area contributed by atoms with Crippen LogP contribution in [0.1, 0.15) is 88.5 Å². The van der Waals surface area contributed by atoms with Crippen molar-refractivity contribution in [3.05, 3.63) is 35.4 Å². The predicted molar refractivity (Wildman–Crippen MR) is 163 cm³/mol. The largest absolute Gasteiger partial charge is 0.453 e. The fourth-order valence-electron chi connectivity index (χ4n) is 5.83. The van der Waals surface area contributed by atoms with Crippen molar-refractivity contribution >= 4 is 24.0 Å². The third-order valence-electron chi connectivity index (χ3n) is 8.23. The van der Waals surface area contributed by atoms with E-state index in [0.717, 1.165) is 31.4 Å². The van der Waals surface area contributed by atoms with E-state index in [1.165, 1.54) is 14.2 Å². The van der Waals surface area contributed by atoms with Crippen LogP contribution in [0.25, 0.3) is 0 Å². The van der Waals surface area contributed by atoms with Gasteiger partial charge in [-0.25, -0.2) is 19.6 Å². The van der Waals surface area contributed by atoms with Crippen LogP contribution in [0.4, 0.5) is 9.59 Å². The van der Waals surface area contributed by atoms with Crippen LogP contribution in [-0.4, -0.2) is 93.1 Å². The Morgan fingerprint density at radius 1 is 0.844 bits per heavy atom. The maximum atomic E-state index is 13.4. The number of H-pyrrole nitrogens is 2. The van der Waals surface area contributed by atoms with Crippen LogP contribution in [0.3, 0.4) is 0 Å². The van der Waals surface area contributed by atoms with Crippen molar-refractivity contribution in [3.8, 4) is 11.8 Å². The zero-order valence-electron chi connectivity index (χ0n) is 26.8. The van der Waals surface area contributed by atoms with E-state index in [2.05, 4.69) is 42.4 Å². The molecule has 2 aromatic heterocycles. The van der Waals surface area contributed by atoms with E-state index in [1.807, 2.05) is 27.7 Å². The van der Waals surface area contributed by atoms with Gasteiger partial charge in [-0.15, -0.1) is 0 Å². The van der Waals surface area contributed by atoms with Crippen LogP contribution in [0, 0.1) is 23.7 Å². The average Bonchev–Trinajstić information content (AvgIpc) is 3.83. The highest BCUT2D eigenvalue weighted by molar-refractivity contribution is 5.87. The van der Waals surface area contributed by atoms with Gasteiger partial charge in [0, 0.05) is 25.0 Å². The Morgan fingerprint density at radius 2 is 1.33 bits per heavy atom. The second-order valence-electron chi connectivity index (χ2n) is 12.0. The smallest absolute Gasteiger partial charge is 0.407 e. The number of nitrogens with one attached hydrogen (secondary N) is 4. The van der Waals surface area contributed by atoms with E-state index in [0.29, 0.717) is 36.9 Å². The molecule has 2 fully saturated rings. The van der Waals surface area contributed by atoms with E-state index in [4.69, 9.17) is 9.47 Å².